The molecule has 0 radical (unpaired) electrons. The minimum absolute atomic E-state index is 0.931. The van der Waals surface area contributed by atoms with E-state index in [2.05, 4.69) is 503 Å². The smallest absolute Gasteiger partial charge is 0.145 e. The highest BCUT2D eigenvalue weighted by Crippen LogP contribution is 2.53. The monoisotopic (exact) mass is 1740 g/mol. The van der Waals surface area contributed by atoms with Crippen LogP contribution in [0.4, 0.5) is 51.2 Å². The van der Waals surface area contributed by atoms with Gasteiger partial charge in [0.15, 0.2) is 0 Å². The van der Waals surface area contributed by atoms with Gasteiger partial charge >= 0.3 is 0 Å². The van der Waals surface area contributed by atoms with E-state index in [4.69, 9.17) is 19.9 Å². The van der Waals surface area contributed by atoms with E-state index < -0.39 is 0 Å². The molecule has 21 aromatic carbocycles. The first-order valence-electron chi connectivity index (χ1n) is 46.4. The number of hydrogen-bond acceptors (Lipinski definition) is 7. The Bertz CT molecular complexity index is 9010. The van der Waals surface area contributed by atoms with Crippen LogP contribution in [-0.4, -0.2) is 38.2 Å². The molecule has 28 rings (SSSR count). The van der Waals surface area contributed by atoms with Crippen LogP contribution in [0, 0.1) is 20.8 Å². The number of hydrogen-bond donors (Lipinski definition) is 0. The molecule has 3 aliphatic heterocycles. The zero-order valence-electron chi connectivity index (χ0n) is 74.8. The summed E-state index contributed by atoms with van der Waals surface area (Å²) in [6.07, 6.45) is 0. The van der Waals surface area contributed by atoms with Crippen LogP contribution in [0.2, 0.25) is 0 Å². The third kappa shape index (κ3) is 13.4. The van der Waals surface area contributed by atoms with Crippen LogP contribution in [0.1, 0.15) is 17.5 Å². The van der Waals surface area contributed by atoms with E-state index in [1.807, 2.05) is 12.1 Å². The molecular weight excluding hydrogens is 1660 g/mol. The van der Waals surface area contributed by atoms with E-state index in [-0.39, 0.29) is 0 Å². The molecule has 0 atom stereocenters. The highest BCUT2D eigenvalue weighted by Gasteiger charge is 2.33. The second-order valence-electron chi connectivity index (χ2n) is 35.5. The molecule has 25 aromatic rings. The largest absolute Gasteiger partial charge is 0.306 e. The molecule has 640 valence electrons. The van der Waals surface area contributed by atoms with Crippen molar-refractivity contribution < 1.29 is 0 Å². The zero-order chi connectivity index (χ0) is 90.2. The van der Waals surface area contributed by atoms with Gasteiger partial charge in [-0.3, -0.25) is 18.3 Å². The molecule has 0 amide bonds. The number of aryl methyl sites for hydroxylation is 3. The number of fused-ring (bicyclic) bond motifs is 11. The van der Waals surface area contributed by atoms with Gasteiger partial charge in [0, 0.05) is 28.3 Å². The van der Waals surface area contributed by atoms with E-state index >= 15 is 0 Å². The van der Waals surface area contributed by atoms with Crippen LogP contribution in [0.15, 0.2) is 461 Å². The molecule has 4 aromatic heterocycles. The van der Waals surface area contributed by atoms with Gasteiger partial charge in [-0.1, -0.05) is 279 Å². The topological polar surface area (TPSA) is 81.0 Å². The molecule has 136 heavy (non-hydrogen) atoms. The maximum atomic E-state index is 5.05. The van der Waals surface area contributed by atoms with Crippen molar-refractivity contribution in [3.63, 3.8) is 0 Å². The molecule has 0 spiro atoms. The normalized spacial score (nSPS) is 12.2. The van der Waals surface area contributed by atoms with E-state index in [9.17, 15) is 0 Å². The van der Waals surface area contributed by atoms with Gasteiger partial charge in [0.05, 0.1) is 95.3 Å². The summed E-state index contributed by atoms with van der Waals surface area (Å²) >= 11 is 0. The summed E-state index contributed by atoms with van der Waals surface area (Å²) in [6, 6.07) is 166. The number of para-hydroxylation sites is 9. The number of nitrogens with zero attached hydrogens (tertiary/aromatic N) is 11. The van der Waals surface area contributed by atoms with Crippen LogP contribution in [0.5, 0.6) is 0 Å². The fraction of sp³-hybridized carbons (Fsp3) is 0.0240. The Kier molecular flexibility index (Phi) is 18.7. The summed E-state index contributed by atoms with van der Waals surface area (Å²) < 4.78 is 9.15. The molecule has 0 fully saturated rings. The second kappa shape index (κ2) is 32.2. The van der Waals surface area contributed by atoms with Crippen molar-refractivity contribution in [2.24, 2.45) is 0 Å². The molecule has 0 aliphatic carbocycles. The molecule has 11 nitrogen and oxygen atoms in total. The van der Waals surface area contributed by atoms with Crippen LogP contribution < -0.4 is 14.7 Å². The molecular formula is C125H85N11. The molecule has 11 heteroatoms. The first-order chi connectivity index (χ1) is 67.1. The summed E-state index contributed by atoms with van der Waals surface area (Å²) in [4.78, 5) is 26.9. The number of benzene rings is 21. The SMILES string of the molecule is Cc1nc2cccc3c2n1-c1ccc(-c2cc(-c4ccc5ccccc5c4)cc(-c4ccc5ccccc5c4)c2)cc1N3c1ccccc1.Cc1nc2cccc3c2n1-c1ccc(-c2ccc(-c4nc5ccccc5n4-c4ccccc4)cc2)cc1N3c1ccccc1.Cc1nc2cccc3c2n1-c1ccc(-c2ccc4cc(-c5ccc6ccccc6c5)ccc4c2)cc1N3c1ccccc1. The van der Waals surface area contributed by atoms with Crippen LogP contribution in [0.3, 0.4) is 0 Å². The van der Waals surface area contributed by atoms with Crippen LogP contribution in [0.25, 0.3) is 188 Å². The number of aromatic nitrogens is 8. The van der Waals surface area contributed by atoms with Crippen molar-refractivity contribution in [3.05, 3.63) is 479 Å². The Morgan fingerprint density at radius 1 is 0.154 bits per heavy atom. The lowest BCUT2D eigenvalue weighted by molar-refractivity contribution is 0.982. The molecule has 3 aliphatic rings. The summed E-state index contributed by atoms with van der Waals surface area (Å²) in [5.41, 5.74) is 38.6. The van der Waals surface area contributed by atoms with Crippen LogP contribution in [-0.2, 0) is 0 Å². The Balaban J connectivity index is 0.000000106. The third-order valence-electron chi connectivity index (χ3n) is 27.3. The molecule has 0 unspecified atom stereocenters. The van der Waals surface area contributed by atoms with Crippen LogP contribution >= 0.6 is 0 Å². The molecule has 0 N–H and O–H groups in total. The van der Waals surface area contributed by atoms with Gasteiger partial charge in [-0.25, -0.2) is 19.9 Å². The summed E-state index contributed by atoms with van der Waals surface area (Å²) in [5, 5.41) is 9.98. The maximum absolute atomic E-state index is 5.05. The lowest BCUT2D eigenvalue weighted by Crippen LogP contribution is -2.18. The third-order valence-corrected chi connectivity index (χ3v) is 27.3. The fourth-order valence-corrected chi connectivity index (χ4v) is 21.0. The van der Waals surface area contributed by atoms with Crippen molar-refractivity contribution in [3.8, 4) is 101 Å². The quantitative estimate of drug-likeness (QED) is 0.128. The molecule has 0 saturated carbocycles. The van der Waals surface area contributed by atoms with Gasteiger partial charge < -0.3 is 14.7 Å². The number of anilines is 9. The Labute approximate surface area is 786 Å². The van der Waals surface area contributed by atoms with Crippen molar-refractivity contribution in [1.82, 2.24) is 38.2 Å². The number of imidazole rings is 4. The zero-order valence-corrected chi connectivity index (χ0v) is 74.8. The van der Waals surface area contributed by atoms with Gasteiger partial charge in [0.1, 0.15) is 23.3 Å². The molecule has 7 heterocycles. The maximum Gasteiger partial charge on any atom is 0.145 e. The average Bonchev–Trinajstić information content (AvgIpc) is 1.49. The lowest BCUT2D eigenvalue weighted by Gasteiger charge is -2.33. The summed E-state index contributed by atoms with van der Waals surface area (Å²) in [6.45, 7) is 6.28. The van der Waals surface area contributed by atoms with Crippen molar-refractivity contribution in [2.45, 2.75) is 20.8 Å². The van der Waals surface area contributed by atoms with Gasteiger partial charge in [0.2, 0.25) is 0 Å². The first-order valence-corrected chi connectivity index (χ1v) is 46.4. The van der Waals surface area contributed by atoms with E-state index in [1.165, 1.54) is 93.2 Å². The molecule has 0 bridgehead atoms. The van der Waals surface area contributed by atoms with Gasteiger partial charge in [0.25, 0.3) is 0 Å². The Morgan fingerprint density at radius 3 is 0.794 bits per heavy atom. The molecule has 0 saturated heterocycles. The van der Waals surface area contributed by atoms with E-state index in [0.717, 1.165) is 164 Å². The van der Waals surface area contributed by atoms with E-state index in [1.54, 1.807) is 0 Å². The highest BCUT2D eigenvalue weighted by atomic mass is 15.3. The Morgan fingerprint density at radius 2 is 0.419 bits per heavy atom. The predicted octanol–water partition coefficient (Wildman–Crippen LogP) is 33.0. The van der Waals surface area contributed by atoms with Gasteiger partial charge in [-0.05, 0) is 313 Å². The average molecular weight is 1740 g/mol. The van der Waals surface area contributed by atoms with Crippen molar-refractivity contribution >= 4 is 138 Å². The Hall–Kier alpha value is -18.1. The van der Waals surface area contributed by atoms with Crippen molar-refractivity contribution in [1.29, 1.82) is 0 Å². The predicted molar refractivity (Wildman–Crippen MR) is 565 cm³/mol. The lowest BCUT2D eigenvalue weighted by atomic mass is 9.91. The van der Waals surface area contributed by atoms with Crippen molar-refractivity contribution in [2.75, 3.05) is 14.7 Å². The summed E-state index contributed by atoms with van der Waals surface area (Å²) in [5.74, 6) is 3.90. The minimum atomic E-state index is 0.931. The standard InChI is InChI=1S/C46H31N3.C40H27N3.C39H27N5/c1-30-47-42-16-9-17-44-46(42)48(30)43-23-22-37(29-45(43)49(44)41-14-3-2-4-15-41)40-27-38(35-20-18-31-10-5-7-12-33(31)24-35)26-39(28-40)36-21-19-32-11-6-8-13-34(32)25-36;1-26-41-36-12-7-13-38-40(36)42(26)37-21-20-34(25-39(37)43(38)35-10-3-2-4-11-35)33-19-18-31-23-30(16-17-32(31)24-33)29-15-14-27-8-5-6-9-28(27)22-29;1-26-40-33-16-10-18-36-38(33)42(26)35-24-23-29(25-37(35)43(36)30-11-4-2-5-12-30)27-19-21-28(22-20-27)39-41-32-15-8-9-17-34(32)44(39)31-13-6-3-7-14-31/h2-29H,1H3;2-25H,1H3;2-25H,1H3. The summed E-state index contributed by atoms with van der Waals surface area (Å²) in [7, 11) is 0. The number of rotatable bonds is 11. The second-order valence-corrected chi connectivity index (χ2v) is 35.5. The first kappa shape index (κ1) is 78.9. The van der Waals surface area contributed by atoms with Gasteiger partial charge in [-0.15, -0.1) is 0 Å². The minimum Gasteiger partial charge on any atom is -0.306 e. The van der Waals surface area contributed by atoms with E-state index in [0.29, 0.717) is 0 Å². The fourth-order valence-electron chi connectivity index (χ4n) is 21.0. The highest BCUT2D eigenvalue weighted by molar-refractivity contribution is 6.07. The van der Waals surface area contributed by atoms with Gasteiger partial charge in [-0.2, -0.15) is 0 Å².